The smallest absolute Gasteiger partial charge is 0.328 e. The van der Waals surface area contributed by atoms with Crippen LogP contribution < -0.4 is 25.2 Å². The van der Waals surface area contributed by atoms with Gasteiger partial charge in [0.05, 0.1) is 23.8 Å². The lowest BCUT2D eigenvalue weighted by Gasteiger charge is -2.38. The molecule has 0 aliphatic carbocycles. The summed E-state index contributed by atoms with van der Waals surface area (Å²) in [6.07, 6.45) is 7.06. The highest BCUT2D eigenvalue weighted by Crippen LogP contribution is 2.38. The van der Waals surface area contributed by atoms with E-state index in [-0.39, 0.29) is 0 Å². The van der Waals surface area contributed by atoms with Crippen molar-refractivity contribution in [3.8, 4) is 11.6 Å². The first-order chi connectivity index (χ1) is 17.0. The summed E-state index contributed by atoms with van der Waals surface area (Å²) < 4.78 is 5.99. The monoisotopic (exact) mass is 470 g/mol. The normalized spacial score (nSPS) is 18.5. The average molecular weight is 470 g/mol. The number of amides is 4. The van der Waals surface area contributed by atoms with Gasteiger partial charge in [-0.05, 0) is 61.2 Å². The van der Waals surface area contributed by atoms with Crippen LogP contribution in [0.15, 0.2) is 61.1 Å². The number of hydrogen-bond donors (Lipinski definition) is 2. The molecule has 4 amide bonds. The zero-order valence-electron chi connectivity index (χ0n) is 18.7. The van der Waals surface area contributed by atoms with E-state index in [1.165, 1.54) is 5.56 Å². The second-order valence-electron chi connectivity index (χ2n) is 8.71. The molecule has 10 heteroatoms. The Morgan fingerprint density at radius 1 is 0.943 bits per heavy atom. The van der Waals surface area contributed by atoms with Gasteiger partial charge < -0.3 is 14.5 Å². The molecular formula is C25H22N6O4. The second kappa shape index (κ2) is 8.08. The number of benzene rings is 1. The van der Waals surface area contributed by atoms with E-state index < -0.39 is 23.4 Å². The van der Waals surface area contributed by atoms with Gasteiger partial charge in [0.2, 0.25) is 5.88 Å². The van der Waals surface area contributed by atoms with Gasteiger partial charge >= 0.3 is 6.03 Å². The Morgan fingerprint density at radius 2 is 1.80 bits per heavy atom. The van der Waals surface area contributed by atoms with Crippen molar-refractivity contribution in [3.63, 3.8) is 0 Å². The molecule has 2 N–H and O–H groups in total. The molecule has 0 bridgehead atoms. The van der Waals surface area contributed by atoms with Gasteiger partial charge in [0.15, 0.2) is 5.54 Å². The minimum atomic E-state index is -1.45. The number of urea groups is 1. The predicted molar refractivity (Wildman–Crippen MR) is 127 cm³/mol. The Balaban J connectivity index is 1.20. The molecule has 35 heavy (non-hydrogen) atoms. The van der Waals surface area contributed by atoms with Crippen molar-refractivity contribution in [1.29, 1.82) is 0 Å². The molecule has 1 spiro atoms. The van der Waals surface area contributed by atoms with Crippen molar-refractivity contribution >= 4 is 34.9 Å². The van der Waals surface area contributed by atoms with Crippen LogP contribution in [0.3, 0.4) is 0 Å². The minimum Gasteiger partial charge on any atom is -0.439 e. The van der Waals surface area contributed by atoms with Crippen molar-refractivity contribution in [2.45, 2.75) is 24.8 Å². The lowest BCUT2D eigenvalue weighted by Crippen LogP contribution is -2.71. The molecule has 2 aromatic heterocycles. The molecule has 0 saturated carbocycles. The van der Waals surface area contributed by atoms with Crippen LogP contribution in [0, 0.1) is 0 Å². The Labute approximate surface area is 200 Å². The van der Waals surface area contributed by atoms with Gasteiger partial charge in [-0.25, -0.2) is 9.78 Å². The molecule has 0 unspecified atom stereocenters. The topological polar surface area (TPSA) is 117 Å². The highest BCUT2D eigenvalue weighted by molar-refractivity contribution is 6.24. The highest BCUT2D eigenvalue weighted by Gasteiger charge is 2.57. The van der Waals surface area contributed by atoms with Gasteiger partial charge in [0.1, 0.15) is 5.75 Å². The number of nitrogens with one attached hydrogen (secondary N) is 2. The first-order valence-electron chi connectivity index (χ1n) is 11.4. The predicted octanol–water partition coefficient (Wildman–Crippen LogP) is 2.67. The summed E-state index contributed by atoms with van der Waals surface area (Å²) in [6.45, 7) is 1.37. The van der Waals surface area contributed by atoms with Crippen LogP contribution in [0.1, 0.15) is 18.4 Å². The Kier molecular flexibility index (Phi) is 4.87. The standard InChI is InChI=1S/C25H22N6O4/c32-22-25(23(33)29-24(34)28-22)9-2-11-31(25)18-4-7-21(27-15-18)35-19-5-6-20-16(13-19)8-12-30(20)17-3-1-10-26-14-17/h1,3-7,10,13-15H,2,8-9,11-12H2,(H2,28,29,32,33,34). The fourth-order valence-electron chi connectivity index (χ4n) is 5.12. The van der Waals surface area contributed by atoms with E-state index in [0.29, 0.717) is 36.7 Å². The largest absolute Gasteiger partial charge is 0.439 e. The fourth-order valence-corrected chi connectivity index (χ4v) is 5.12. The summed E-state index contributed by atoms with van der Waals surface area (Å²) in [6, 6.07) is 12.6. The van der Waals surface area contributed by atoms with Gasteiger partial charge in [0.25, 0.3) is 11.8 Å². The summed E-state index contributed by atoms with van der Waals surface area (Å²) in [5.74, 6) is -0.138. The summed E-state index contributed by atoms with van der Waals surface area (Å²) in [5, 5.41) is 4.43. The van der Waals surface area contributed by atoms with Crippen LogP contribution in [0.4, 0.5) is 21.9 Å². The summed E-state index contributed by atoms with van der Waals surface area (Å²) in [7, 11) is 0. The molecule has 10 nitrogen and oxygen atoms in total. The molecule has 176 valence electrons. The molecule has 2 saturated heterocycles. The number of hydrogen-bond acceptors (Lipinski definition) is 8. The highest BCUT2D eigenvalue weighted by atomic mass is 16.5. The number of aromatic nitrogens is 2. The maximum atomic E-state index is 12.7. The zero-order chi connectivity index (χ0) is 24.0. The number of imide groups is 2. The second-order valence-corrected chi connectivity index (χ2v) is 8.71. The summed E-state index contributed by atoms with van der Waals surface area (Å²) in [4.78, 5) is 49.4. The molecule has 0 atom stereocenters. The third-order valence-corrected chi connectivity index (χ3v) is 6.75. The van der Waals surface area contributed by atoms with Gasteiger partial charge in [-0.15, -0.1) is 0 Å². The van der Waals surface area contributed by atoms with Crippen molar-refractivity contribution < 1.29 is 19.1 Å². The fraction of sp³-hybridized carbons (Fsp3) is 0.240. The van der Waals surface area contributed by atoms with E-state index in [4.69, 9.17) is 4.74 Å². The molecule has 1 aromatic carbocycles. The Bertz CT molecular complexity index is 1310. The van der Waals surface area contributed by atoms with Crippen molar-refractivity contribution in [3.05, 3.63) is 66.6 Å². The molecule has 0 radical (unpaired) electrons. The Morgan fingerprint density at radius 3 is 2.54 bits per heavy atom. The number of pyridine rings is 2. The number of nitrogens with zero attached hydrogens (tertiary/aromatic N) is 4. The molecule has 2 fully saturated rings. The minimum absolute atomic E-state index is 0.321. The summed E-state index contributed by atoms with van der Waals surface area (Å²) in [5.41, 5.74) is 2.54. The third kappa shape index (κ3) is 3.45. The van der Waals surface area contributed by atoms with E-state index in [1.54, 1.807) is 29.4 Å². The van der Waals surface area contributed by atoms with Crippen molar-refractivity contribution in [2.24, 2.45) is 0 Å². The zero-order valence-corrected chi connectivity index (χ0v) is 18.7. The van der Waals surface area contributed by atoms with Crippen LogP contribution >= 0.6 is 0 Å². The van der Waals surface area contributed by atoms with Gasteiger partial charge in [0, 0.05) is 31.0 Å². The van der Waals surface area contributed by atoms with Gasteiger partial charge in [-0.3, -0.25) is 25.2 Å². The maximum Gasteiger partial charge on any atom is 0.328 e. The van der Waals surface area contributed by atoms with Crippen molar-refractivity contribution in [2.75, 3.05) is 22.9 Å². The quantitative estimate of drug-likeness (QED) is 0.559. The first kappa shape index (κ1) is 21.1. The van der Waals surface area contributed by atoms with E-state index in [2.05, 4.69) is 25.5 Å². The maximum absolute atomic E-state index is 12.7. The molecule has 6 rings (SSSR count). The van der Waals surface area contributed by atoms with Crippen molar-refractivity contribution in [1.82, 2.24) is 20.6 Å². The molecule has 3 aromatic rings. The molecule has 5 heterocycles. The number of anilines is 3. The van der Waals surface area contributed by atoms with Gasteiger partial charge in [-0.2, -0.15) is 0 Å². The summed E-state index contributed by atoms with van der Waals surface area (Å²) >= 11 is 0. The van der Waals surface area contributed by atoms with E-state index in [1.807, 2.05) is 36.5 Å². The number of barbiturate groups is 1. The van der Waals surface area contributed by atoms with Crippen LogP contribution in [0.2, 0.25) is 0 Å². The molecular weight excluding hydrogens is 448 g/mol. The lowest BCUT2D eigenvalue weighted by atomic mass is 9.92. The molecule has 3 aliphatic rings. The number of fused-ring (bicyclic) bond motifs is 1. The van der Waals surface area contributed by atoms with E-state index >= 15 is 0 Å². The van der Waals surface area contributed by atoms with Crippen LogP contribution in [0.5, 0.6) is 11.6 Å². The van der Waals surface area contributed by atoms with Gasteiger partial charge in [-0.1, -0.05) is 0 Å². The van der Waals surface area contributed by atoms with E-state index in [0.717, 1.165) is 24.3 Å². The molecule has 3 aliphatic heterocycles. The lowest BCUT2D eigenvalue weighted by molar-refractivity contribution is -0.137. The van der Waals surface area contributed by atoms with Crippen LogP contribution in [0.25, 0.3) is 0 Å². The third-order valence-electron chi connectivity index (χ3n) is 6.75. The first-order valence-corrected chi connectivity index (χ1v) is 11.4. The number of ether oxygens (including phenoxy) is 1. The van der Waals surface area contributed by atoms with Crippen LogP contribution in [-0.2, 0) is 16.0 Å². The Hall–Kier alpha value is -4.47. The average Bonchev–Trinajstić information content (AvgIpc) is 3.49. The number of rotatable bonds is 4. The van der Waals surface area contributed by atoms with E-state index in [9.17, 15) is 14.4 Å². The number of carbonyl (C=O) groups excluding carboxylic acids is 3. The number of carbonyl (C=O) groups is 3. The SMILES string of the molecule is O=C1NC(=O)C2(CCCN2c2ccc(Oc3ccc4c(c3)CCN4c3cccnc3)nc2)C(=O)N1. The van der Waals surface area contributed by atoms with Crippen LogP contribution in [-0.4, -0.2) is 46.4 Å².